The van der Waals surface area contributed by atoms with Gasteiger partial charge < -0.3 is 28.7 Å². The second kappa shape index (κ2) is 29.9. The number of nitrogens with zero attached hydrogens (tertiary/aromatic N) is 4. The first-order valence-electron chi connectivity index (χ1n) is 41.3. The predicted molar refractivity (Wildman–Crippen MR) is 502 cm³/mol. The van der Waals surface area contributed by atoms with Crippen LogP contribution in [0.2, 0.25) is 0 Å². The van der Waals surface area contributed by atoms with E-state index in [4.69, 9.17) is 18.9 Å². The molecule has 4 heterocycles. The lowest BCUT2D eigenvalue weighted by Crippen LogP contribution is -2.20. The summed E-state index contributed by atoms with van der Waals surface area (Å²) in [4.78, 5) is 9.22. The van der Waals surface area contributed by atoms with E-state index in [0.717, 1.165) is 159 Å². The zero-order valence-electron chi connectivity index (χ0n) is 66.1. The number of para-hydroxylation sites is 8. The molecule has 20 aromatic rings. The minimum atomic E-state index is 0.770. The minimum Gasteiger partial charge on any atom is -0.453 e. The highest BCUT2D eigenvalue weighted by Gasteiger charge is 2.38. The molecule has 0 saturated heterocycles. The maximum atomic E-state index is 6.75. The van der Waals surface area contributed by atoms with Crippen molar-refractivity contribution in [3.05, 3.63) is 449 Å². The number of hydrogen-bond donors (Lipinski definition) is 0. The molecular weight excluding hydrogens is 1490 g/mol. The molecule has 20 aromatic carbocycles. The molecule has 0 spiro atoms. The summed E-state index contributed by atoms with van der Waals surface area (Å²) in [6.45, 7) is 0. The second-order valence-corrected chi connectivity index (χ2v) is 31.1. The number of fused-ring (bicyclic) bond motifs is 12. The first-order valence-corrected chi connectivity index (χ1v) is 41.3. The van der Waals surface area contributed by atoms with E-state index in [-0.39, 0.29) is 0 Å². The van der Waals surface area contributed by atoms with Gasteiger partial charge in [0.25, 0.3) is 0 Å². The van der Waals surface area contributed by atoms with Crippen LogP contribution in [0.5, 0.6) is 46.0 Å². The highest BCUT2D eigenvalue weighted by atomic mass is 16.5. The van der Waals surface area contributed by atoms with Crippen LogP contribution in [-0.4, -0.2) is 0 Å². The largest absolute Gasteiger partial charge is 0.453 e. The highest BCUT2D eigenvalue weighted by Crippen LogP contribution is 2.64. The van der Waals surface area contributed by atoms with Gasteiger partial charge in [-0.25, -0.2) is 0 Å². The van der Waals surface area contributed by atoms with Gasteiger partial charge in [0, 0.05) is 45.3 Å². The third kappa shape index (κ3) is 12.7. The molecule has 0 radical (unpaired) electrons. The molecule has 24 rings (SSSR count). The topological polar surface area (TPSA) is 49.9 Å². The van der Waals surface area contributed by atoms with Gasteiger partial charge >= 0.3 is 0 Å². The summed E-state index contributed by atoms with van der Waals surface area (Å²) in [5.41, 5.74) is 28.1. The van der Waals surface area contributed by atoms with Gasteiger partial charge in [-0.1, -0.05) is 285 Å². The Morgan fingerprint density at radius 1 is 0.164 bits per heavy atom. The third-order valence-electron chi connectivity index (χ3n) is 23.8. The van der Waals surface area contributed by atoms with Crippen LogP contribution in [0.1, 0.15) is 0 Å². The average Bonchev–Trinajstić information content (AvgIpc) is 0.719. The molecule has 0 unspecified atom stereocenters. The molecule has 0 amide bonds. The first-order chi connectivity index (χ1) is 60.4. The number of benzene rings is 20. The molecular formula is C114H74N4O4. The SMILES string of the molecule is c1ccc(-c2ccc(N(c3ccc(-c4cccc(-c5ccc6c7c5Oc5ccccc5N7c5ccccc5O6)c4)cc3)c3ccc(-c4ccc5ccccc5c4)cc3)cc2)cc1.c1ccc(-c2ccc(N(c3ccc(-c4cccc(-c5ccc6c7c5Oc5ccccc5N7c5ccccc5O6)c4)cc3)c3ccc4c(ccc5ccccc54)c3)cc2)cc1. The number of hydrogen-bond acceptors (Lipinski definition) is 8. The van der Waals surface area contributed by atoms with Crippen molar-refractivity contribution < 1.29 is 18.9 Å². The van der Waals surface area contributed by atoms with Crippen LogP contribution in [-0.2, 0) is 0 Å². The van der Waals surface area contributed by atoms with Crippen LogP contribution < -0.4 is 38.5 Å². The van der Waals surface area contributed by atoms with E-state index < -0.39 is 0 Å². The normalized spacial score (nSPS) is 12.2. The van der Waals surface area contributed by atoms with Gasteiger partial charge in [0.15, 0.2) is 46.0 Å². The van der Waals surface area contributed by atoms with Crippen LogP contribution in [0.3, 0.4) is 0 Å². The summed E-state index contributed by atoms with van der Waals surface area (Å²) in [5, 5.41) is 7.45. The van der Waals surface area contributed by atoms with E-state index in [1.165, 1.54) is 65.7 Å². The van der Waals surface area contributed by atoms with Crippen molar-refractivity contribution in [3.63, 3.8) is 0 Å². The lowest BCUT2D eigenvalue weighted by atomic mass is 9.96. The van der Waals surface area contributed by atoms with Gasteiger partial charge in [-0.05, 0) is 263 Å². The minimum absolute atomic E-state index is 0.770. The van der Waals surface area contributed by atoms with Crippen molar-refractivity contribution in [1.82, 2.24) is 0 Å². The van der Waals surface area contributed by atoms with Gasteiger partial charge in [0.2, 0.25) is 0 Å². The van der Waals surface area contributed by atoms with Crippen molar-refractivity contribution in [2.75, 3.05) is 19.6 Å². The fourth-order valence-corrected chi connectivity index (χ4v) is 17.9. The standard InChI is InChI=1S/C58H38N2O2.C56H36N2O2/c1-2-11-39(12-3-1)41-23-29-48(30-24-41)59(50-33-27-43(28-34-50)46-22-21-40-13-4-5-14-44(40)37-46)49-31-25-42(26-32-49)45-15-10-16-47(38-45)51-35-36-56-57-58(51)62-55-20-9-7-18-53(55)60(57)52-17-6-8-19-54(52)61-56;1-2-11-37(12-3-1)38-23-27-44(28-24-38)57(46-31-32-48-43(36-46)22-21-40-13-4-5-16-47(40)48)45-29-25-39(26-30-45)41-14-10-15-42(35-41)49-33-34-54-55-56(49)60-53-20-9-7-18-51(53)58(55)50-17-6-8-19-52(50)59-54/h1-38H;1-36H. The Balaban J connectivity index is 0.000000142. The number of rotatable bonds is 13. The first kappa shape index (κ1) is 70.9. The van der Waals surface area contributed by atoms with Crippen LogP contribution in [0.4, 0.5) is 68.2 Å². The van der Waals surface area contributed by atoms with E-state index in [9.17, 15) is 0 Å². The van der Waals surface area contributed by atoms with Crippen molar-refractivity contribution in [2.45, 2.75) is 0 Å². The molecule has 0 aromatic heterocycles. The van der Waals surface area contributed by atoms with Gasteiger partial charge in [-0.15, -0.1) is 0 Å². The Hall–Kier alpha value is -16.4. The van der Waals surface area contributed by atoms with Crippen molar-refractivity contribution in [2.24, 2.45) is 0 Å². The molecule has 0 aliphatic carbocycles. The second-order valence-electron chi connectivity index (χ2n) is 31.1. The summed E-state index contributed by atoms with van der Waals surface area (Å²) < 4.78 is 26.4. The molecule has 0 N–H and O–H groups in total. The van der Waals surface area contributed by atoms with Crippen LogP contribution >= 0.6 is 0 Å². The monoisotopic (exact) mass is 1560 g/mol. The summed E-state index contributed by atoms with van der Waals surface area (Å²) in [6, 6.07) is 159. The molecule has 4 aliphatic heterocycles. The van der Waals surface area contributed by atoms with E-state index in [2.05, 4.69) is 396 Å². The van der Waals surface area contributed by atoms with E-state index >= 15 is 0 Å². The zero-order valence-corrected chi connectivity index (χ0v) is 66.1. The van der Waals surface area contributed by atoms with Gasteiger partial charge in [-0.3, -0.25) is 9.80 Å². The summed E-state index contributed by atoms with van der Waals surface area (Å²) in [5.74, 6) is 6.37. The van der Waals surface area contributed by atoms with E-state index in [1.807, 2.05) is 72.8 Å². The quantitative estimate of drug-likeness (QED) is 0.106. The molecule has 0 fully saturated rings. The molecule has 4 aliphatic rings. The van der Waals surface area contributed by atoms with Crippen LogP contribution in [0.15, 0.2) is 449 Å². The smallest absolute Gasteiger partial charge is 0.163 e. The fourth-order valence-electron chi connectivity index (χ4n) is 17.9. The summed E-state index contributed by atoms with van der Waals surface area (Å²) >= 11 is 0. The third-order valence-corrected chi connectivity index (χ3v) is 23.8. The Morgan fingerprint density at radius 3 is 0.918 bits per heavy atom. The molecule has 0 bridgehead atoms. The molecule has 8 heteroatoms. The Morgan fingerprint density at radius 2 is 0.467 bits per heavy atom. The van der Waals surface area contributed by atoms with Gasteiger partial charge in [0.05, 0.1) is 22.7 Å². The average molecular weight is 1560 g/mol. The van der Waals surface area contributed by atoms with Crippen LogP contribution in [0.25, 0.3) is 110 Å². The molecule has 0 saturated carbocycles. The lowest BCUT2D eigenvalue weighted by molar-refractivity contribution is 0.446. The Bertz CT molecular complexity index is 7420. The van der Waals surface area contributed by atoms with Crippen molar-refractivity contribution in [3.8, 4) is 124 Å². The lowest BCUT2D eigenvalue weighted by Gasteiger charge is -2.38. The molecule has 0 atom stereocenters. The van der Waals surface area contributed by atoms with Crippen molar-refractivity contribution in [1.29, 1.82) is 0 Å². The zero-order chi connectivity index (χ0) is 80.6. The van der Waals surface area contributed by atoms with E-state index in [1.54, 1.807) is 0 Å². The maximum absolute atomic E-state index is 6.75. The van der Waals surface area contributed by atoms with Gasteiger partial charge in [0.1, 0.15) is 11.4 Å². The molecule has 574 valence electrons. The van der Waals surface area contributed by atoms with Gasteiger partial charge in [-0.2, -0.15) is 0 Å². The van der Waals surface area contributed by atoms with Crippen LogP contribution in [0, 0.1) is 0 Å². The number of ether oxygens (including phenoxy) is 4. The van der Waals surface area contributed by atoms with E-state index in [0.29, 0.717) is 0 Å². The summed E-state index contributed by atoms with van der Waals surface area (Å²) in [6.07, 6.45) is 0. The maximum Gasteiger partial charge on any atom is 0.163 e. The predicted octanol–water partition coefficient (Wildman–Crippen LogP) is 32.8. The Kier molecular flexibility index (Phi) is 17.4. The fraction of sp³-hybridized carbons (Fsp3) is 0. The highest BCUT2D eigenvalue weighted by molar-refractivity contribution is 6.09. The van der Waals surface area contributed by atoms with Crippen molar-refractivity contribution >= 4 is 101 Å². The molecule has 122 heavy (non-hydrogen) atoms. The number of anilines is 12. The summed E-state index contributed by atoms with van der Waals surface area (Å²) in [7, 11) is 0. The molecule has 8 nitrogen and oxygen atoms in total. The Labute approximate surface area is 707 Å².